The van der Waals surface area contributed by atoms with Gasteiger partial charge in [0.2, 0.25) is 0 Å². The molecule has 0 aliphatic heterocycles. The van der Waals surface area contributed by atoms with E-state index in [-0.39, 0.29) is 18.5 Å². The SMILES string of the molecule is CCC(C)OC(=O)Cc1ccccn1. The Morgan fingerprint density at radius 3 is 2.93 bits per heavy atom. The molecular formula is C11H15NO2. The molecule has 0 N–H and O–H groups in total. The molecule has 0 aromatic carbocycles. The number of rotatable bonds is 4. The van der Waals surface area contributed by atoms with E-state index in [9.17, 15) is 4.79 Å². The van der Waals surface area contributed by atoms with Gasteiger partial charge in [0.15, 0.2) is 0 Å². The molecule has 1 aromatic heterocycles. The zero-order valence-corrected chi connectivity index (χ0v) is 8.56. The van der Waals surface area contributed by atoms with Crippen LogP contribution in [0.5, 0.6) is 0 Å². The standard InChI is InChI=1S/C11H15NO2/c1-3-9(2)14-11(13)8-10-6-4-5-7-12-10/h4-7,9H,3,8H2,1-2H3. The van der Waals surface area contributed by atoms with E-state index in [0.29, 0.717) is 0 Å². The molecule has 3 heteroatoms. The van der Waals surface area contributed by atoms with Crippen LogP contribution in [0.4, 0.5) is 0 Å². The third-order valence-electron chi connectivity index (χ3n) is 1.96. The van der Waals surface area contributed by atoms with E-state index in [2.05, 4.69) is 4.98 Å². The molecule has 0 aliphatic carbocycles. The molecule has 0 amide bonds. The smallest absolute Gasteiger partial charge is 0.312 e. The van der Waals surface area contributed by atoms with Gasteiger partial charge in [0.25, 0.3) is 0 Å². The summed E-state index contributed by atoms with van der Waals surface area (Å²) in [5.74, 6) is -0.210. The highest BCUT2D eigenvalue weighted by atomic mass is 16.5. The predicted molar refractivity (Wildman–Crippen MR) is 53.8 cm³/mol. The molecule has 3 nitrogen and oxygen atoms in total. The summed E-state index contributed by atoms with van der Waals surface area (Å²) in [6.07, 6.45) is 2.76. The average molecular weight is 193 g/mol. The van der Waals surface area contributed by atoms with Gasteiger partial charge in [-0.3, -0.25) is 9.78 Å². The van der Waals surface area contributed by atoms with Crippen molar-refractivity contribution in [2.45, 2.75) is 32.8 Å². The summed E-state index contributed by atoms with van der Waals surface area (Å²) in [7, 11) is 0. The van der Waals surface area contributed by atoms with Gasteiger partial charge in [-0.05, 0) is 25.5 Å². The Balaban J connectivity index is 2.42. The molecule has 0 radical (unpaired) electrons. The van der Waals surface area contributed by atoms with Gasteiger partial charge in [0.1, 0.15) is 0 Å². The van der Waals surface area contributed by atoms with Crippen LogP contribution in [0, 0.1) is 0 Å². The monoisotopic (exact) mass is 193 g/mol. The zero-order valence-electron chi connectivity index (χ0n) is 8.56. The van der Waals surface area contributed by atoms with Crippen molar-refractivity contribution in [2.24, 2.45) is 0 Å². The first-order chi connectivity index (χ1) is 6.72. The Bertz CT molecular complexity index is 285. The number of hydrogen-bond acceptors (Lipinski definition) is 3. The third-order valence-corrected chi connectivity index (χ3v) is 1.96. The second-order valence-electron chi connectivity index (χ2n) is 3.21. The van der Waals surface area contributed by atoms with E-state index in [1.54, 1.807) is 6.20 Å². The molecule has 1 atom stereocenters. The molecule has 0 bridgehead atoms. The maximum absolute atomic E-state index is 11.3. The first-order valence-electron chi connectivity index (χ1n) is 4.81. The molecule has 14 heavy (non-hydrogen) atoms. The van der Waals surface area contributed by atoms with Crippen molar-refractivity contribution in [3.8, 4) is 0 Å². The molecule has 1 heterocycles. The summed E-state index contributed by atoms with van der Waals surface area (Å²) in [5.41, 5.74) is 0.751. The maximum atomic E-state index is 11.3. The van der Waals surface area contributed by atoms with Gasteiger partial charge in [-0.25, -0.2) is 0 Å². The molecular weight excluding hydrogens is 178 g/mol. The highest BCUT2D eigenvalue weighted by Crippen LogP contribution is 2.01. The van der Waals surface area contributed by atoms with Crippen LogP contribution >= 0.6 is 0 Å². The lowest BCUT2D eigenvalue weighted by atomic mass is 10.2. The quantitative estimate of drug-likeness (QED) is 0.686. The van der Waals surface area contributed by atoms with Crippen LogP contribution in [0.15, 0.2) is 24.4 Å². The van der Waals surface area contributed by atoms with Crippen LogP contribution < -0.4 is 0 Å². The number of carbonyl (C=O) groups is 1. The first kappa shape index (κ1) is 10.7. The molecule has 0 fully saturated rings. The number of esters is 1. The number of hydrogen-bond donors (Lipinski definition) is 0. The molecule has 1 aromatic rings. The largest absolute Gasteiger partial charge is 0.462 e. The number of pyridine rings is 1. The Hall–Kier alpha value is -1.38. The molecule has 0 saturated carbocycles. The minimum absolute atomic E-state index is 0.00814. The maximum Gasteiger partial charge on any atom is 0.312 e. The van der Waals surface area contributed by atoms with E-state index in [4.69, 9.17) is 4.74 Å². The summed E-state index contributed by atoms with van der Waals surface area (Å²) in [5, 5.41) is 0. The van der Waals surface area contributed by atoms with Crippen molar-refractivity contribution in [2.75, 3.05) is 0 Å². The summed E-state index contributed by atoms with van der Waals surface area (Å²) in [4.78, 5) is 15.4. The van der Waals surface area contributed by atoms with Gasteiger partial charge >= 0.3 is 5.97 Å². The number of aromatic nitrogens is 1. The van der Waals surface area contributed by atoms with E-state index in [1.165, 1.54) is 0 Å². The Kier molecular flexibility index (Phi) is 4.11. The van der Waals surface area contributed by atoms with Crippen LogP contribution in [0.2, 0.25) is 0 Å². The second-order valence-corrected chi connectivity index (χ2v) is 3.21. The Labute approximate surface area is 84.1 Å². The van der Waals surface area contributed by atoms with E-state index in [1.807, 2.05) is 32.0 Å². The topological polar surface area (TPSA) is 39.2 Å². The highest BCUT2D eigenvalue weighted by molar-refractivity contribution is 5.72. The highest BCUT2D eigenvalue weighted by Gasteiger charge is 2.08. The summed E-state index contributed by atoms with van der Waals surface area (Å²) in [6.45, 7) is 3.87. The zero-order chi connectivity index (χ0) is 10.4. The van der Waals surface area contributed by atoms with Crippen molar-refractivity contribution in [1.29, 1.82) is 0 Å². The van der Waals surface area contributed by atoms with Crippen LogP contribution in [-0.2, 0) is 16.0 Å². The Morgan fingerprint density at radius 2 is 2.36 bits per heavy atom. The molecule has 76 valence electrons. The second kappa shape index (κ2) is 5.37. The fourth-order valence-electron chi connectivity index (χ4n) is 1.000. The van der Waals surface area contributed by atoms with Gasteiger partial charge < -0.3 is 4.74 Å². The van der Waals surface area contributed by atoms with Crippen molar-refractivity contribution in [3.05, 3.63) is 30.1 Å². The fraction of sp³-hybridized carbons (Fsp3) is 0.455. The lowest BCUT2D eigenvalue weighted by Crippen LogP contribution is -2.16. The van der Waals surface area contributed by atoms with Gasteiger partial charge in [-0.2, -0.15) is 0 Å². The summed E-state index contributed by atoms with van der Waals surface area (Å²) < 4.78 is 5.12. The number of ether oxygens (including phenoxy) is 1. The third kappa shape index (κ3) is 3.56. The van der Waals surface area contributed by atoms with E-state index in [0.717, 1.165) is 12.1 Å². The van der Waals surface area contributed by atoms with Gasteiger partial charge in [0.05, 0.1) is 18.2 Å². The van der Waals surface area contributed by atoms with Crippen LogP contribution in [0.1, 0.15) is 26.0 Å². The minimum atomic E-state index is -0.210. The predicted octanol–water partition coefficient (Wildman–Crippen LogP) is 1.97. The summed E-state index contributed by atoms with van der Waals surface area (Å²) in [6, 6.07) is 5.50. The van der Waals surface area contributed by atoms with Crippen molar-refractivity contribution in [1.82, 2.24) is 4.98 Å². The van der Waals surface area contributed by atoms with Crippen LogP contribution in [0.3, 0.4) is 0 Å². The molecule has 0 aliphatic rings. The van der Waals surface area contributed by atoms with Crippen molar-refractivity contribution < 1.29 is 9.53 Å². The fourth-order valence-corrected chi connectivity index (χ4v) is 1.000. The van der Waals surface area contributed by atoms with Gasteiger partial charge in [-0.1, -0.05) is 13.0 Å². The molecule has 0 spiro atoms. The van der Waals surface area contributed by atoms with Crippen molar-refractivity contribution >= 4 is 5.97 Å². The average Bonchev–Trinajstić information content (AvgIpc) is 2.19. The van der Waals surface area contributed by atoms with Crippen LogP contribution in [-0.4, -0.2) is 17.1 Å². The number of nitrogens with zero attached hydrogens (tertiary/aromatic N) is 1. The number of carbonyl (C=O) groups excluding carboxylic acids is 1. The molecule has 1 rings (SSSR count). The van der Waals surface area contributed by atoms with Gasteiger partial charge in [-0.15, -0.1) is 0 Å². The molecule has 0 saturated heterocycles. The lowest BCUT2D eigenvalue weighted by molar-refractivity contribution is -0.147. The van der Waals surface area contributed by atoms with E-state index >= 15 is 0 Å². The summed E-state index contributed by atoms with van der Waals surface area (Å²) >= 11 is 0. The van der Waals surface area contributed by atoms with Crippen molar-refractivity contribution in [3.63, 3.8) is 0 Å². The van der Waals surface area contributed by atoms with Gasteiger partial charge in [0, 0.05) is 6.20 Å². The normalized spacial score (nSPS) is 12.1. The lowest BCUT2D eigenvalue weighted by Gasteiger charge is -2.09. The van der Waals surface area contributed by atoms with E-state index < -0.39 is 0 Å². The molecule has 1 unspecified atom stereocenters. The first-order valence-corrected chi connectivity index (χ1v) is 4.81. The minimum Gasteiger partial charge on any atom is -0.462 e. The Morgan fingerprint density at radius 1 is 1.57 bits per heavy atom. The van der Waals surface area contributed by atoms with Crippen LogP contribution in [0.25, 0.3) is 0 Å².